The Morgan fingerprint density at radius 1 is 1.00 bits per heavy atom. The van der Waals surface area contributed by atoms with Crippen LogP contribution in [0.1, 0.15) is 64.2 Å². The summed E-state index contributed by atoms with van der Waals surface area (Å²) in [5.41, 5.74) is 6.05. The lowest BCUT2D eigenvalue weighted by Gasteiger charge is -2.26. The molecule has 0 spiro atoms. The van der Waals surface area contributed by atoms with E-state index in [1.165, 1.54) is 19.3 Å². The summed E-state index contributed by atoms with van der Waals surface area (Å²) in [7, 11) is 0. The van der Waals surface area contributed by atoms with Gasteiger partial charge in [0.2, 0.25) is 11.8 Å². The molecular formula is C18H31N3O2. The molecule has 5 heteroatoms. The van der Waals surface area contributed by atoms with Crippen molar-refractivity contribution >= 4 is 11.8 Å². The lowest BCUT2D eigenvalue weighted by atomic mass is 9.88. The zero-order valence-corrected chi connectivity index (χ0v) is 14.1. The van der Waals surface area contributed by atoms with Crippen molar-refractivity contribution in [2.24, 2.45) is 17.6 Å². The Balaban J connectivity index is 1.42. The first-order valence-electron chi connectivity index (χ1n) is 9.47. The predicted octanol–water partition coefficient (Wildman–Crippen LogP) is 1.80. The highest BCUT2D eigenvalue weighted by Gasteiger charge is 2.33. The first-order chi connectivity index (χ1) is 11.1. The molecule has 2 aliphatic carbocycles. The van der Waals surface area contributed by atoms with Gasteiger partial charge in [0.15, 0.2) is 0 Å². The summed E-state index contributed by atoms with van der Waals surface area (Å²) in [6.45, 7) is 1.49. The number of likely N-dealkylation sites (tertiary alicyclic amines) is 1. The zero-order chi connectivity index (χ0) is 16.2. The van der Waals surface area contributed by atoms with Crippen LogP contribution in [0.25, 0.3) is 0 Å². The van der Waals surface area contributed by atoms with Crippen LogP contribution in [0.3, 0.4) is 0 Å². The van der Waals surface area contributed by atoms with E-state index in [1.54, 1.807) is 0 Å². The summed E-state index contributed by atoms with van der Waals surface area (Å²) in [5, 5.41) is 3.13. The smallest absolute Gasteiger partial charge is 0.225 e. The molecule has 2 amide bonds. The third-order valence-corrected chi connectivity index (χ3v) is 5.98. The third-order valence-electron chi connectivity index (χ3n) is 5.98. The molecule has 0 radical (unpaired) electrons. The maximum Gasteiger partial charge on any atom is 0.225 e. The van der Waals surface area contributed by atoms with E-state index in [0.29, 0.717) is 24.8 Å². The molecule has 3 rings (SSSR count). The second-order valence-corrected chi connectivity index (χ2v) is 7.73. The molecule has 130 valence electrons. The number of nitrogens with two attached hydrogens (primary N) is 1. The Morgan fingerprint density at radius 3 is 2.48 bits per heavy atom. The molecule has 1 aliphatic heterocycles. The maximum atomic E-state index is 12.6. The zero-order valence-electron chi connectivity index (χ0n) is 14.1. The average molecular weight is 321 g/mol. The highest BCUT2D eigenvalue weighted by atomic mass is 16.2. The number of carbonyl (C=O) groups is 2. The van der Waals surface area contributed by atoms with Crippen molar-refractivity contribution in [1.82, 2.24) is 10.2 Å². The second kappa shape index (κ2) is 7.65. The van der Waals surface area contributed by atoms with Gasteiger partial charge in [0.25, 0.3) is 0 Å². The van der Waals surface area contributed by atoms with Gasteiger partial charge in [-0.1, -0.05) is 25.7 Å². The van der Waals surface area contributed by atoms with Crippen LogP contribution in [0.4, 0.5) is 0 Å². The number of carbonyl (C=O) groups excluding carboxylic acids is 2. The van der Waals surface area contributed by atoms with Gasteiger partial charge in [0.1, 0.15) is 0 Å². The molecule has 23 heavy (non-hydrogen) atoms. The molecule has 1 unspecified atom stereocenters. The predicted molar refractivity (Wildman–Crippen MR) is 89.6 cm³/mol. The van der Waals surface area contributed by atoms with Crippen molar-refractivity contribution in [2.75, 3.05) is 13.1 Å². The van der Waals surface area contributed by atoms with E-state index in [1.807, 2.05) is 4.90 Å². The summed E-state index contributed by atoms with van der Waals surface area (Å²) >= 11 is 0. The van der Waals surface area contributed by atoms with Crippen molar-refractivity contribution in [3.63, 3.8) is 0 Å². The lowest BCUT2D eigenvalue weighted by Crippen LogP contribution is -2.41. The Hall–Kier alpha value is -1.10. The topological polar surface area (TPSA) is 75.4 Å². The molecule has 3 fully saturated rings. The van der Waals surface area contributed by atoms with Crippen LogP contribution < -0.4 is 11.1 Å². The molecule has 3 atom stereocenters. The van der Waals surface area contributed by atoms with E-state index in [-0.39, 0.29) is 23.9 Å². The first kappa shape index (κ1) is 16.7. The first-order valence-corrected chi connectivity index (χ1v) is 9.47. The molecule has 0 bridgehead atoms. The quantitative estimate of drug-likeness (QED) is 0.829. The molecule has 2 saturated carbocycles. The summed E-state index contributed by atoms with van der Waals surface area (Å²) in [6, 6.07) is 0.321. The van der Waals surface area contributed by atoms with Gasteiger partial charge >= 0.3 is 0 Å². The van der Waals surface area contributed by atoms with E-state index in [9.17, 15) is 9.59 Å². The molecule has 3 aliphatic rings. The van der Waals surface area contributed by atoms with E-state index in [2.05, 4.69) is 5.32 Å². The fourth-order valence-corrected chi connectivity index (χ4v) is 4.53. The van der Waals surface area contributed by atoms with E-state index in [0.717, 1.165) is 45.1 Å². The summed E-state index contributed by atoms with van der Waals surface area (Å²) in [4.78, 5) is 26.7. The fraction of sp³-hybridized carbons (Fsp3) is 0.889. The van der Waals surface area contributed by atoms with Gasteiger partial charge in [-0.15, -0.1) is 0 Å². The molecule has 1 saturated heterocycles. The molecule has 3 N–H and O–H groups in total. The van der Waals surface area contributed by atoms with Crippen LogP contribution in [-0.4, -0.2) is 41.9 Å². The Bertz CT molecular complexity index is 434. The van der Waals surface area contributed by atoms with Crippen molar-refractivity contribution in [3.05, 3.63) is 0 Å². The second-order valence-electron chi connectivity index (χ2n) is 7.73. The monoisotopic (exact) mass is 321 g/mol. The molecule has 0 aromatic heterocycles. The minimum absolute atomic E-state index is 0.115. The fourth-order valence-electron chi connectivity index (χ4n) is 4.53. The van der Waals surface area contributed by atoms with Crippen molar-refractivity contribution in [2.45, 2.75) is 76.3 Å². The standard InChI is InChI=1S/C18H31N3O2/c19-16-8-4-7-14(16)11-17(22)20-15-9-10-21(12-15)18(23)13-5-2-1-3-6-13/h13-16H,1-12,19H2,(H,20,22)/t14-,15?,16+/m0/s1. The molecule has 0 aromatic carbocycles. The number of rotatable bonds is 4. The number of nitrogens with zero attached hydrogens (tertiary/aromatic N) is 1. The number of hydrogen-bond donors (Lipinski definition) is 2. The Kier molecular flexibility index (Phi) is 5.57. The van der Waals surface area contributed by atoms with Gasteiger partial charge in [-0.05, 0) is 38.0 Å². The number of nitrogens with one attached hydrogen (secondary N) is 1. The van der Waals surface area contributed by atoms with Gasteiger partial charge in [0, 0.05) is 37.5 Å². The van der Waals surface area contributed by atoms with Crippen LogP contribution >= 0.6 is 0 Å². The van der Waals surface area contributed by atoms with E-state index in [4.69, 9.17) is 5.73 Å². The summed E-state index contributed by atoms with van der Waals surface area (Å²) in [5.74, 6) is 1.01. The van der Waals surface area contributed by atoms with Gasteiger partial charge in [-0.2, -0.15) is 0 Å². The van der Waals surface area contributed by atoms with Crippen molar-refractivity contribution in [1.29, 1.82) is 0 Å². The summed E-state index contributed by atoms with van der Waals surface area (Å²) in [6.07, 6.45) is 10.4. The Morgan fingerprint density at radius 2 is 1.78 bits per heavy atom. The number of amides is 2. The minimum Gasteiger partial charge on any atom is -0.352 e. The highest BCUT2D eigenvalue weighted by molar-refractivity contribution is 5.80. The van der Waals surface area contributed by atoms with Crippen molar-refractivity contribution in [3.8, 4) is 0 Å². The molecule has 5 nitrogen and oxygen atoms in total. The molecule has 1 heterocycles. The normalized spacial score (nSPS) is 32.2. The maximum absolute atomic E-state index is 12.6. The molecular weight excluding hydrogens is 290 g/mol. The average Bonchev–Trinajstić information content (AvgIpc) is 3.17. The van der Waals surface area contributed by atoms with Crippen molar-refractivity contribution < 1.29 is 9.59 Å². The van der Waals surface area contributed by atoms with Gasteiger partial charge < -0.3 is 16.0 Å². The van der Waals surface area contributed by atoms with Crippen LogP contribution in [-0.2, 0) is 9.59 Å². The van der Waals surface area contributed by atoms with Gasteiger partial charge in [0.05, 0.1) is 0 Å². The van der Waals surface area contributed by atoms with E-state index < -0.39 is 0 Å². The molecule has 0 aromatic rings. The highest BCUT2D eigenvalue weighted by Crippen LogP contribution is 2.28. The lowest BCUT2D eigenvalue weighted by molar-refractivity contribution is -0.135. The van der Waals surface area contributed by atoms with Gasteiger partial charge in [-0.3, -0.25) is 9.59 Å². The largest absolute Gasteiger partial charge is 0.352 e. The van der Waals surface area contributed by atoms with Crippen LogP contribution in [0.5, 0.6) is 0 Å². The van der Waals surface area contributed by atoms with Crippen LogP contribution in [0, 0.1) is 11.8 Å². The number of hydrogen-bond acceptors (Lipinski definition) is 3. The van der Waals surface area contributed by atoms with E-state index >= 15 is 0 Å². The van der Waals surface area contributed by atoms with Crippen LogP contribution in [0.15, 0.2) is 0 Å². The minimum atomic E-state index is 0.115. The summed E-state index contributed by atoms with van der Waals surface area (Å²) < 4.78 is 0. The SMILES string of the molecule is N[C@@H]1CCC[C@H]1CC(=O)NC1CCN(C(=O)C2CCCCC2)C1. The van der Waals surface area contributed by atoms with Gasteiger partial charge in [-0.25, -0.2) is 0 Å². The van der Waals surface area contributed by atoms with Crippen LogP contribution in [0.2, 0.25) is 0 Å². The third kappa shape index (κ3) is 4.25. The Labute approximate surface area is 139 Å².